The van der Waals surface area contributed by atoms with Crippen LogP contribution < -0.4 is 5.32 Å². The van der Waals surface area contributed by atoms with Gasteiger partial charge in [-0.1, -0.05) is 11.3 Å². The molecule has 6 heteroatoms. The Hall–Kier alpha value is -2.86. The van der Waals surface area contributed by atoms with Crippen LogP contribution in [0.3, 0.4) is 0 Å². The molecule has 0 aliphatic carbocycles. The van der Waals surface area contributed by atoms with Crippen molar-refractivity contribution in [3.63, 3.8) is 0 Å². The molecule has 1 amide bonds. The number of nitrogens with one attached hydrogen (secondary N) is 1. The van der Waals surface area contributed by atoms with Gasteiger partial charge < -0.3 is 14.3 Å². The van der Waals surface area contributed by atoms with Crippen LogP contribution in [0, 0.1) is 0 Å². The average molecular weight is 365 g/mol. The van der Waals surface area contributed by atoms with Crippen LogP contribution in [0.2, 0.25) is 0 Å². The summed E-state index contributed by atoms with van der Waals surface area (Å²) in [7, 11) is 0. The molecule has 3 aromatic heterocycles. The van der Waals surface area contributed by atoms with Crippen molar-refractivity contribution in [2.24, 2.45) is 0 Å². The first kappa shape index (κ1) is 16.6. The van der Waals surface area contributed by atoms with Crippen LogP contribution in [0.1, 0.15) is 29.5 Å². The van der Waals surface area contributed by atoms with Crippen molar-refractivity contribution >= 4 is 27.5 Å². The highest BCUT2D eigenvalue weighted by Crippen LogP contribution is 2.26. The number of fused-ring (bicyclic) bond motifs is 1. The predicted octanol–water partition coefficient (Wildman–Crippen LogP) is 4.43. The third kappa shape index (κ3) is 3.55. The van der Waals surface area contributed by atoms with Crippen LogP contribution in [0.15, 0.2) is 65.5 Å². The maximum Gasteiger partial charge on any atom is 0.251 e. The number of amides is 1. The Morgan fingerprint density at radius 2 is 2.12 bits per heavy atom. The molecule has 1 unspecified atom stereocenters. The highest BCUT2D eigenvalue weighted by atomic mass is 32.1. The van der Waals surface area contributed by atoms with Crippen LogP contribution in [-0.2, 0) is 6.42 Å². The summed E-state index contributed by atoms with van der Waals surface area (Å²) in [6.45, 7) is 2.01. The van der Waals surface area contributed by atoms with Gasteiger partial charge in [0, 0.05) is 30.4 Å². The second kappa shape index (κ2) is 7.17. The van der Waals surface area contributed by atoms with Crippen molar-refractivity contribution in [2.45, 2.75) is 25.8 Å². The molecule has 0 aliphatic rings. The normalized spacial score (nSPS) is 12.3. The topological polar surface area (TPSA) is 60.1 Å². The molecule has 4 aromatic rings. The van der Waals surface area contributed by atoms with Gasteiger partial charge in [-0.3, -0.25) is 4.79 Å². The van der Waals surface area contributed by atoms with Crippen molar-refractivity contribution in [1.29, 1.82) is 0 Å². The molecule has 0 spiro atoms. The molecule has 3 heterocycles. The van der Waals surface area contributed by atoms with Gasteiger partial charge in [-0.2, -0.15) is 0 Å². The number of benzene rings is 1. The number of hydrogen-bond acceptors (Lipinski definition) is 4. The first-order chi connectivity index (χ1) is 12.7. The number of carbonyl (C=O) groups is 1. The van der Waals surface area contributed by atoms with Gasteiger partial charge in [-0.25, -0.2) is 4.98 Å². The van der Waals surface area contributed by atoms with Gasteiger partial charge >= 0.3 is 0 Å². The number of furan rings is 1. The Morgan fingerprint density at radius 1 is 1.27 bits per heavy atom. The Kier molecular flexibility index (Phi) is 4.58. The standard InChI is InChI=1S/C20H19N3O2S/c1-14(6-8-16-5-4-12-25-16)21-19(24)15-7-9-17-18(13-15)26-20(22-17)23-10-2-3-11-23/h2-5,7,9-14H,6,8H2,1H3,(H,21,24). The van der Waals surface area contributed by atoms with E-state index in [0.29, 0.717) is 5.56 Å². The minimum atomic E-state index is -0.0604. The first-order valence-corrected chi connectivity index (χ1v) is 9.38. The largest absolute Gasteiger partial charge is 0.469 e. The number of carbonyl (C=O) groups excluding carboxylic acids is 1. The summed E-state index contributed by atoms with van der Waals surface area (Å²) in [5.41, 5.74) is 1.56. The molecular weight excluding hydrogens is 346 g/mol. The molecule has 0 aliphatic heterocycles. The molecule has 1 atom stereocenters. The van der Waals surface area contributed by atoms with Gasteiger partial charge in [0.25, 0.3) is 5.91 Å². The molecule has 0 bridgehead atoms. The van der Waals surface area contributed by atoms with E-state index in [9.17, 15) is 4.79 Å². The molecule has 1 aromatic carbocycles. The van der Waals surface area contributed by atoms with Crippen LogP contribution in [0.25, 0.3) is 15.3 Å². The molecule has 0 fully saturated rings. The van der Waals surface area contributed by atoms with E-state index >= 15 is 0 Å². The SMILES string of the molecule is CC(CCc1ccco1)NC(=O)c1ccc2nc(-n3cccc3)sc2c1. The monoisotopic (exact) mass is 365 g/mol. The Labute approximate surface area is 155 Å². The van der Waals surface area contributed by atoms with Crippen molar-refractivity contribution in [3.8, 4) is 5.13 Å². The van der Waals surface area contributed by atoms with E-state index in [4.69, 9.17) is 4.42 Å². The van der Waals surface area contributed by atoms with Gasteiger partial charge in [-0.05, 0) is 55.8 Å². The summed E-state index contributed by atoms with van der Waals surface area (Å²) in [6.07, 6.45) is 7.24. The Balaban J connectivity index is 1.44. The zero-order valence-electron chi connectivity index (χ0n) is 14.4. The van der Waals surface area contributed by atoms with Crippen molar-refractivity contribution in [1.82, 2.24) is 14.9 Å². The molecule has 1 N–H and O–H groups in total. The quantitative estimate of drug-likeness (QED) is 0.550. The second-order valence-electron chi connectivity index (χ2n) is 6.26. The van der Waals surface area contributed by atoms with Crippen molar-refractivity contribution < 1.29 is 9.21 Å². The van der Waals surface area contributed by atoms with Crippen LogP contribution in [0.5, 0.6) is 0 Å². The summed E-state index contributed by atoms with van der Waals surface area (Å²) in [5, 5.41) is 3.95. The lowest BCUT2D eigenvalue weighted by molar-refractivity contribution is 0.0938. The lowest BCUT2D eigenvalue weighted by Gasteiger charge is -2.13. The molecule has 0 radical (unpaired) electrons. The summed E-state index contributed by atoms with van der Waals surface area (Å²) < 4.78 is 8.31. The summed E-state index contributed by atoms with van der Waals surface area (Å²) in [5.74, 6) is 0.879. The third-order valence-electron chi connectivity index (χ3n) is 4.25. The second-order valence-corrected chi connectivity index (χ2v) is 7.27. The zero-order chi connectivity index (χ0) is 17.9. The molecule has 132 valence electrons. The molecule has 0 saturated heterocycles. The van der Waals surface area contributed by atoms with E-state index in [0.717, 1.165) is 34.0 Å². The van der Waals surface area contributed by atoms with E-state index in [1.807, 2.05) is 66.3 Å². The number of rotatable bonds is 6. The maximum atomic E-state index is 12.5. The maximum absolute atomic E-state index is 12.5. The summed E-state index contributed by atoms with van der Waals surface area (Å²) in [6, 6.07) is 13.5. The fourth-order valence-corrected chi connectivity index (χ4v) is 3.79. The van der Waals surface area contributed by atoms with Crippen LogP contribution in [-0.4, -0.2) is 21.5 Å². The molecule has 26 heavy (non-hydrogen) atoms. The molecule has 5 nitrogen and oxygen atoms in total. The van der Waals surface area contributed by atoms with E-state index < -0.39 is 0 Å². The highest BCUT2D eigenvalue weighted by molar-refractivity contribution is 7.20. The van der Waals surface area contributed by atoms with E-state index in [2.05, 4.69) is 10.3 Å². The lowest BCUT2D eigenvalue weighted by atomic mass is 10.1. The van der Waals surface area contributed by atoms with Gasteiger partial charge in [-0.15, -0.1) is 0 Å². The van der Waals surface area contributed by atoms with Crippen molar-refractivity contribution in [2.75, 3.05) is 0 Å². The van der Waals surface area contributed by atoms with Gasteiger partial charge in [0.1, 0.15) is 5.76 Å². The van der Waals surface area contributed by atoms with E-state index in [1.54, 1.807) is 17.6 Å². The predicted molar refractivity (Wildman–Crippen MR) is 103 cm³/mol. The highest BCUT2D eigenvalue weighted by Gasteiger charge is 2.13. The van der Waals surface area contributed by atoms with Gasteiger partial charge in [0.15, 0.2) is 5.13 Å². The molecule has 4 rings (SSSR count). The summed E-state index contributed by atoms with van der Waals surface area (Å²) in [4.78, 5) is 17.2. The fourth-order valence-electron chi connectivity index (χ4n) is 2.82. The average Bonchev–Trinajstić information content (AvgIpc) is 3.40. The Bertz CT molecular complexity index is 1000. The third-order valence-corrected chi connectivity index (χ3v) is 5.28. The number of aromatic nitrogens is 2. The Morgan fingerprint density at radius 3 is 2.88 bits per heavy atom. The number of nitrogens with zero attached hydrogens (tertiary/aromatic N) is 2. The van der Waals surface area contributed by atoms with E-state index in [1.165, 1.54) is 0 Å². The molecule has 0 saturated carbocycles. The lowest BCUT2D eigenvalue weighted by Crippen LogP contribution is -2.32. The van der Waals surface area contributed by atoms with Crippen LogP contribution >= 0.6 is 11.3 Å². The minimum absolute atomic E-state index is 0.0604. The smallest absolute Gasteiger partial charge is 0.251 e. The minimum Gasteiger partial charge on any atom is -0.469 e. The number of aryl methyl sites for hydroxylation is 1. The fraction of sp³-hybridized carbons (Fsp3) is 0.200. The summed E-state index contributed by atoms with van der Waals surface area (Å²) >= 11 is 1.57. The van der Waals surface area contributed by atoms with Crippen molar-refractivity contribution in [3.05, 3.63) is 72.4 Å². The zero-order valence-corrected chi connectivity index (χ0v) is 15.2. The first-order valence-electron chi connectivity index (χ1n) is 8.56. The van der Waals surface area contributed by atoms with Gasteiger partial charge in [0.05, 0.1) is 16.5 Å². The van der Waals surface area contributed by atoms with Crippen LogP contribution in [0.4, 0.5) is 0 Å². The number of thiazole rings is 1. The van der Waals surface area contributed by atoms with Gasteiger partial charge in [0.2, 0.25) is 0 Å². The van der Waals surface area contributed by atoms with E-state index in [-0.39, 0.29) is 11.9 Å². The molecular formula is C20H19N3O2S. The number of hydrogen-bond donors (Lipinski definition) is 1.